The number of rotatable bonds is 4. The number of fused-ring (bicyclic) bond motifs is 1. The zero-order valence-electron chi connectivity index (χ0n) is 14.7. The summed E-state index contributed by atoms with van der Waals surface area (Å²) < 4.78 is 10.7. The largest absolute Gasteiger partial charge is 0.454 e. The van der Waals surface area contributed by atoms with Crippen molar-refractivity contribution in [1.29, 1.82) is 0 Å². The molecule has 2 heterocycles. The highest BCUT2D eigenvalue weighted by atomic mass is 16.7. The molecule has 2 aromatic carbocycles. The summed E-state index contributed by atoms with van der Waals surface area (Å²) in [6, 6.07) is 11.7. The molecule has 1 fully saturated rings. The lowest BCUT2D eigenvalue weighted by molar-refractivity contribution is -0.914. The number of ether oxygens (including phenoxy) is 2. The number of quaternary nitrogens is 1. The minimum atomic E-state index is -0.333. The molecule has 0 bridgehead atoms. The number of piperazine rings is 1. The maximum absolute atomic E-state index is 11.4. The Morgan fingerprint density at radius 3 is 2.54 bits per heavy atom. The standard InChI is InChI=1S/C19H21N3O4/c1-14-4-2-3-5-16(14)21-8-6-20(7-9-21)12-15-10-18-19(26-13-25-18)11-17(15)22(23)24/h2-5,10-11H,6-9,12-13H2,1H3/p+1. The number of benzene rings is 2. The van der Waals surface area contributed by atoms with Gasteiger partial charge in [0, 0.05) is 5.69 Å². The average Bonchev–Trinajstić information content (AvgIpc) is 3.09. The number of anilines is 1. The van der Waals surface area contributed by atoms with E-state index in [9.17, 15) is 10.1 Å². The topological polar surface area (TPSA) is 69.3 Å². The van der Waals surface area contributed by atoms with Crippen LogP contribution in [0.5, 0.6) is 11.5 Å². The molecule has 2 aliphatic rings. The quantitative estimate of drug-likeness (QED) is 0.665. The van der Waals surface area contributed by atoms with Crippen molar-refractivity contribution in [3.05, 3.63) is 57.6 Å². The molecular weight excluding hydrogens is 334 g/mol. The van der Waals surface area contributed by atoms with E-state index in [1.54, 1.807) is 6.07 Å². The van der Waals surface area contributed by atoms with Gasteiger partial charge in [-0.1, -0.05) is 18.2 Å². The van der Waals surface area contributed by atoms with Gasteiger partial charge in [0.15, 0.2) is 11.5 Å². The lowest BCUT2D eigenvalue weighted by Gasteiger charge is -2.34. The molecule has 1 N–H and O–H groups in total. The number of nitro benzene ring substituents is 1. The molecule has 136 valence electrons. The number of nitro groups is 1. The molecule has 1 saturated heterocycles. The fraction of sp³-hybridized carbons (Fsp3) is 0.368. The molecule has 2 aliphatic heterocycles. The van der Waals surface area contributed by atoms with Crippen molar-refractivity contribution in [3.63, 3.8) is 0 Å². The van der Waals surface area contributed by atoms with E-state index in [1.807, 2.05) is 0 Å². The van der Waals surface area contributed by atoms with Gasteiger partial charge in [-0.25, -0.2) is 0 Å². The van der Waals surface area contributed by atoms with Crippen molar-refractivity contribution in [3.8, 4) is 11.5 Å². The van der Waals surface area contributed by atoms with E-state index >= 15 is 0 Å². The molecule has 0 spiro atoms. The van der Waals surface area contributed by atoms with Gasteiger partial charge in [-0.15, -0.1) is 0 Å². The van der Waals surface area contributed by atoms with E-state index in [0.29, 0.717) is 23.6 Å². The van der Waals surface area contributed by atoms with Crippen LogP contribution < -0.4 is 19.3 Å². The van der Waals surface area contributed by atoms with Crippen LogP contribution in [0.2, 0.25) is 0 Å². The Bertz CT molecular complexity index is 832. The van der Waals surface area contributed by atoms with Crippen molar-refractivity contribution in [2.45, 2.75) is 13.5 Å². The van der Waals surface area contributed by atoms with E-state index in [1.165, 1.54) is 22.2 Å². The van der Waals surface area contributed by atoms with Gasteiger partial charge < -0.3 is 19.3 Å². The molecule has 0 aromatic heterocycles. The maximum atomic E-state index is 11.4. The second kappa shape index (κ2) is 6.84. The third-order valence-electron chi connectivity index (χ3n) is 5.14. The Kier molecular flexibility index (Phi) is 4.38. The summed E-state index contributed by atoms with van der Waals surface area (Å²) in [6.45, 7) is 6.65. The van der Waals surface area contributed by atoms with Crippen LogP contribution in [-0.2, 0) is 6.54 Å². The van der Waals surface area contributed by atoms with Crippen LogP contribution in [0.4, 0.5) is 11.4 Å². The Balaban J connectivity index is 1.46. The molecule has 7 nitrogen and oxygen atoms in total. The molecule has 7 heteroatoms. The minimum absolute atomic E-state index is 0.114. The summed E-state index contributed by atoms with van der Waals surface area (Å²) in [5.41, 5.74) is 3.38. The highest BCUT2D eigenvalue weighted by Crippen LogP contribution is 2.37. The minimum Gasteiger partial charge on any atom is -0.454 e. The zero-order chi connectivity index (χ0) is 18.1. The van der Waals surface area contributed by atoms with Crippen molar-refractivity contribution >= 4 is 11.4 Å². The predicted molar refractivity (Wildman–Crippen MR) is 97.0 cm³/mol. The van der Waals surface area contributed by atoms with Crippen LogP contribution in [0, 0.1) is 17.0 Å². The first kappa shape index (κ1) is 16.7. The monoisotopic (exact) mass is 356 g/mol. The fourth-order valence-electron chi connectivity index (χ4n) is 3.71. The van der Waals surface area contributed by atoms with Crippen molar-refractivity contribution in [2.24, 2.45) is 0 Å². The van der Waals surface area contributed by atoms with Gasteiger partial charge in [0.05, 0.1) is 42.7 Å². The molecule has 4 rings (SSSR count). The molecule has 0 unspecified atom stereocenters. The normalized spacial score (nSPS) is 16.7. The Hall–Kier alpha value is -2.80. The molecule has 2 aromatic rings. The van der Waals surface area contributed by atoms with Crippen LogP contribution in [-0.4, -0.2) is 37.9 Å². The third-order valence-corrected chi connectivity index (χ3v) is 5.14. The van der Waals surface area contributed by atoms with Crippen molar-refractivity contribution < 1.29 is 19.3 Å². The first-order valence-electron chi connectivity index (χ1n) is 8.83. The van der Waals surface area contributed by atoms with E-state index in [2.05, 4.69) is 36.1 Å². The van der Waals surface area contributed by atoms with Crippen LogP contribution in [0.3, 0.4) is 0 Å². The first-order chi connectivity index (χ1) is 12.6. The summed E-state index contributed by atoms with van der Waals surface area (Å²) in [5, 5.41) is 11.4. The van der Waals surface area contributed by atoms with Gasteiger partial charge >= 0.3 is 0 Å². The molecule has 0 saturated carbocycles. The number of hydrogen-bond donors (Lipinski definition) is 1. The second-order valence-corrected chi connectivity index (χ2v) is 6.79. The molecule has 0 radical (unpaired) electrons. The van der Waals surface area contributed by atoms with E-state index < -0.39 is 0 Å². The smallest absolute Gasteiger partial charge is 0.282 e. The van der Waals surface area contributed by atoms with Crippen LogP contribution in [0.25, 0.3) is 0 Å². The van der Waals surface area contributed by atoms with Gasteiger partial charge in [-0.2, -0.15) is 0 Å². The number of hydrogen-bond acceptors (Lipinski definition) is 5. The average molecular weight is 356 g/mol. The lowest BCUT2D eigenvalue weighted by atomic mass is 10.1. The Morgan fingerprint density at radius 2 is 1.85 bits per heavy atom. The molecule has 0 atom stereocenters. The SMILES string of the molecule is Cc1ccccc1N1CC[NH+](Cc2cc3c(cc2[N+](=O)[O-])OCO3)CC1. The number of nitrogens with zero attached hydrogens (tertiary/aromatic N) is 2. The highest BCUT2D eigenvalue weighted by Gasteiger charge is 2.28. The second-order valence-electron chi connectivity index (χ2n) is 6.79. The van der Waals surface area contributed by atoms with Gasteiger partial charge in [0.1, 0.15) is 6.54 Å². The molecular formula is C19H22N3O4+. The van der Waals surface area contributed by atoms with E-state index in [-0.39, 0.29) is 17.4 Å². The zero-order valence-corrected chi connectivity index (χ0v) is 14.7. The molecule has 0 aliphatic carbocycles. The lowest BCUT2D eigenvalue weighted by Crippen LogP contribution is -3.13. The van der Waals surface area contributed by atoms with Crippen LogP contribution in [0.1, 0.15) is 11.1 Å². The van der Waals surface area contributed by atoms with Crippen LogP contribution in [0.15, 0.2) is 36.4 Å². The summed E-state index contributed by atoms with van der Waals surface area (Å²) in [4.78, 5) is 14.8. The highest BCUT2D eigenvalue weighted by molar-refractivity contribution is 5.55. The van der Waals surface area contributed by atoms with Crippen LogP contribution >= 0.6 is 0 Å². The van der Waals surface area contributed by atoms with Crippen molar-refractivity contribution in [1.82, 2.24) is 0 Å². The maximum Gasteiger partial charge on any atom is 0.282 e. The predicted octanol–water partition coefficient (Wildman–Crippen LogP) is 1.54. The summed E-state index contributed by atoms with van der Waals surface area (Å²) in [7, 11) is 0. The van der Waals surface area contributed by atoms with Gasteiger partial charge in [-0.05, 0) is 24.6 Å². The third kappa shape index (κ3) is 3.17. The van der Waals surface area contributed by atoms with E-state index in [4.69, 9.17) is 9.47 Å². The summed E-state index contributed by atoms with van der Waals surface area (Å²) in [5.74, 6) is 1.06. The number of aryl methyl sites for hydroxylation is 1. The fourth-order valence-corrected chi connectivity index (χ4v) is 3.71. The van der Waals surface area contributed by atoms with Crippen molar-refractivity contribution in [2.75, 3.05) is 37.9 Å². The summed E-state index contributed by atoms with van der Waals surface area (Å²) in [6.07, 6.45) is 0. The first-order valence-corrected chi connectivity index (χ1v) is 8.83. The molecule has 0 amide bonds. The van der Waals surface area contributed by atoms with E-state index in [0.717, 1.165) is 26.2 Å². The Labute approximate surface area is 151 Å². The number of para-hydroxylation sites is 1. The van der Waals surface area contributed by atoms with Gasteiger partial charge in [0.2, 0.25) is 6.79 Å². The summed E-state index contributed by atoms with van der Waals surface area (Å²) >= 11 is 0. The molecule has 26 heavy (non-hydrogen) atoms. The van der Waals surface area contributed by atoms with Gasteiger partial charge in [-0.3, -0.25) is 10.1 Å². The van der Waals surface area contributed by atoms with Gasteiger partial charge in [0.25, 0.3) is 5.69 Å². The Morgan fingerprint density at radius 1 is 1.15 bits per heavy atom. The number of nitrogens with one attached hydrogen (secondary N) is 1.